The van der Waals surface area contributed by atoms with Gasteiger partial charge in [0.15, 0.2) is 11.5 Å². The second kappa shape index (κ2) is 5.48. The standard InChI is InChI=1S/C18H14O4/c1-11(19)21-17-15-9-5-6-10-16(18(17)22-12(2)20)14-8-4-3-7-13(14)15/h3-10H,1-2H3/b6-5?,9-5-,10-6-,15-9?,16-10?. The lowest BCUT2D eigenvalue weighted by molar-refractivity contribution is -0.134. The number of ether oxygens (including phenoxy) is 2. The Labute approximate surface area is 127 Å². The van der Waals surface area contributed by atoms with Gasteiger partial charge in [-0.15, -0.1) is 0 Å². The van der Waals surface area contributed by atoms with E-state index in [9.17, 15) is 9.59 Å². The van der Waals surface area contributed by atoms with Gasteiger partial charge in [0.1, 0.15) is 0 Å². The normalized spacial score (nSPS) is 15.0. The molecule has 0 aromatic heterocycles. The van der Waals surface area contributed by atoms with E-state index in [0.717, 1.165) is 21.9 Å². The van der Waals surface area contributed by atoms with Crippen molar-refractivity contribution in [1.29, 1.82) is 0 Å². The highest BCUT2D eigenvalue weighted by molar-refractivity contribution is 6.03. The highest BCUT2D eigenvalue weighted by Gasteiger charge is 2.22. The van der Waals surface area contributed by atoms with Crippen molar-refractivity contribution in [1.82, 2.24) is 0 Å². The van der Waals surface area contributed by atoms with Crippen LogP contribution in [0.3, 0.4) is 0 Å². The van der Waals surface area contributed by atoms with Crippen LogP contribution in [0.4, 0.5) is 0 Å². The highest BCUT2D eigenvalue weighted by atomic mass is 16.6. The number of carbonyl (C=O) groups is 2. The van der Waals surface area contributed by atoms with Gasteiger partial charge in [-0.3, -0.25) is 9.59 Å². The van der Waals surface area contributed by atoms with E-state index < -0.39 is 11.9 Å². The van der Waals surface area contributed by atoms with Crippen LogP contribution in [0.5, 0.6) is 11.5 Å². The summed E-state index contributed by atoms with van der Waals surface area (Å²) in [7, 11) is 0. The summed E-state index contributed by atoms with van der Waals surface area (Å²) >= 11 is 0. The van der Waals surface area contributed by atoms with Crippen molar-refractivity contribution in [3.8, 4) is 11.5 Å². The van der Waals surface area contributed by atoms with Gasteiger partial charge in [0.25, 0.3) is 0 Å². The lowest BCUT2D eigenvalue weighted by atomic mass is 9.94. The summed E-state index contributed by atoms with van der Waals surface area (Å²) < 4.78 is 10.7. The summed E-state index contributed by atoms with van der Waals surface area (Å²) in [5, 5.41) is 1.87. The van der Waals surface area contributed by atoms with Crippen LogP contribution in [-0.4, -0.2) is 11.9 Å². The SMILES string of the molecule is CC(=O)Oc1c(OC(C)=O)c2c3ccccc3c1/C=C\C=C/2. The van der Waals surface area contributed by atoms with Crippen LogP contribution < -0.4 is 9.47 Å². The van der Waals surface area contributed by atoms with Gasteiger partial charge in [0, 0.05) is 25.0 Å². The number of carbonyl (C=O) groups excluding carboxylic acids is 2. The van der Waals surface area contributed by atoms with Crippen molar-refractivity contribution in [3.63, 3.8) is 0 Å². The summed E-state index contributed by atoms with van der Waals surface area (Å²) in [5.41, 5.74) is 1.44. The first-order valence-electron chi connectivity index (χ1n) is 6.88. The van der Waals surface area contributed by atoms with E-state index in [-0.39, 0.29) is 11.5 Å². The second-order valence-corrected chi connectivity index (χ2v) is 4.94. The smallest absolute Gasteiger partial charge is 0.308 e. The average Bonchev–Trinajstić information content (AvgIpc) is 2.43. The molecule has 0 aliphatic heterocycles. The lowest BCUT2D eigenvalue weighted by Gasteiger charge is -2.18. The predicted molar refractivity (Wildman–Crippen MR) is 84.6 cm³/mol. The molecule has 0 fully saturated rings. The number of rotatable bonds is 2. The first-order chi connectivity index (χ1) is 10.6. The molecular formula is C18H14O4. The third-order valence-electron chi connectivity index (χ3n) is 3.33. The van der Waals surface area contributed by atoms with Gasteiger partial charge in [-0.25, -0.2) is 0 Å². The van der Waals surface area contributed by atoms with Gasteiger partial charge < -0.3 is 9.47 Å². The van der Waals surface area contributed by atoms with E-state index in [1.54, 1.807) is 0 Å². The van der Waals surface area contributed by atoms with E-state index in [0.29, 0.717) is 0 Å². The Balaban J connectivity index is 2.44. The maximum Gasteiger partial charge on any atom is 0.308 e. The third-order valence-corrected chi connectivity index (χ3v) is 3.33. The number of allylic oxidation sites excluding steroid dienone is 2. The third kappa shape index (κ3) is 2.39. The molecule has 0 saturated heterocycles. The summed E-state index contributed by atoms with van der Waals surface area (Å²) in [4.78, 5) is 22.9. The molecule has 0 amide bonds. The molecule has 2 aromatic carbocycles. The largest absolute Gasteiger partial charge is 0.422 e. The van der Waals surface area contributed by atoms with Crippen LogP contribution in [0.2, 0.25) is 0 Å². The molecule has 0 N–H and O–H groups in total. The quantitative estimate of drug-likeness (QED) is 0.625. The van der Waals surface area contributed by atoms with Crippen LogP contribution in [0.1, 0.15) is 25.0 Å². The molecule has 0 heterocycles. The van der Waals surface area contributed by atoms with Crippen molar-refractivity contribution in [2.75, 3.05) is 0 Å². The summed E-state index contributed by atoms with van der Waals surface area (Å²) in [6.45, 7) is 2.64. The molecule has 110 valence electrons. The van der Waals surface area contributed by atoms with Gasteiger partial charge >= 0.3 is 11.9 Å². The Kier molecular flexibility index (Phi) is 3.51. The Morgan fingerprint density at radius 1 is 0.773 bits per heavy atom. The van der Waals surface area contributed by atoms with Crippen molar-refractivity contribution in [2.24, 2.45) is 0 Å². The van der Waals surface area contributed by atoms with E-state index in [4.69, 9.17) is 9.47 Å². The number of esters is 2. The van der Waals surface area contributed by atoms with Crippen molar-refractivity contribution < 1.29 is 19.1 Å². The molecule has 0 saturated carbocycles. The molecule has 0 spiro atoms. The first kappa shape index (κ1) is 14.1. The summed E-state index contributed by atoms with van der Waals surface area (Å²) in [6.07, 6.45) is 7.40. The van der Waals surface area contributed by atoms with E-state index in [1.807, 2.05) is 48.6 Å². The van der Waals surface area contributed by atoms with Crippen LogP contribution in [0, 0.1) is 0 Å². The number of hydrogen-bond donors (Lipinski definition) is 0. The highest BCUT2D eigenvalue weighted by Crippen LogP contribution is 2.44. The molecule has 1 aliphatic carbocycles. The van der Waals surface area contributed by atoms with E-state index in [2.05, 4.69) is 0 Å². The molecule has 0 radical (unpaired) electrons. The van der Waals surface area contributed by atoms with Crippen LogP contribution in [-0.2, 0) is 9.59 Å². The van der Waals surface area contributed by atoms with Crippen LogP contribution in [0.15, 0.2) is 36.4 Å². The Hall–Kier alpha value is -2.88. The minimum atomic E-state index is -0.464. The Morgan fingerprint density at radius 2 is 1.18 bits per heavy atom. The molecule has 2 aromatic rings. The van der Waals surface area contributed by atoms with Gasteiger partial charge in [0.05, 0.1) is 0 Å². The average molecular weight is 294 g/mol. The first-order valence-corrected chi connectivity index (χ1v) is 6.88. The Morgan fingerprint density at radius 3 is 1.55 bits per heavy atom. The Bertz CT molecular complexity index is 773. The molecule has 4 heteroatoms. The minimum Gasteiger partial charge on any atom is -0.422 e. The van der Waals surface area contributed by atoms with Gasteiger partial charge in [0.2, 0.25) is 0 Å². The molecule has 22 heavy (non-hydrogen) atoms. The molecule has 4 nitrogen and oxygen atoms in total. The fraction of sp³-hybridized carbons (Fsp3) is 0.111. The van der Waals surface area contributed by atoms with Crippen LogP contribution in [0.25, 0.3) is 22.9 Å². The van der Waals surface area contributed by atoms with Crippen molar-refractivity contribution >= 4 is 34.9 Å². The molecule has 1 aliphatic rings. The summed E-state index contributed by atoms with van der Waals surface area (Å²) in [5.74, 6) is -0.378. The lowest BCUT2D eigenvalue weighted by Crippen LogP contribution is -2.10. The zero-order valence-electron chi connectivity index (χ0n) is 12.3. The van der Waals surface area contributed by atoms with Crippen molar-refractivity contribution in [2.45, 2.75) is 13.8 Å². The maximum atomic E-state index is 11.5. The van der Waals surface area contributed by atoms with E-state index in [1.165, 1.54) is 13.8 Å². The molecule has 3 rings (SSSR count). The molecule has 2 bridgehead atoms. The molecular weight excluding hydrogens is 280 g/mol. The number of hydrogen-bond acceptors (Lipinski definition) is 4. The fourth-order valence-electron chi connectivity index (χ4n) is 2.57. The van der Waals surface area contributed by atoms with Crippen molar-refractivity contribution in [3.05, 3.63) is 47.5 Å². The summed E-state index contributed by atoms with van der Waals surface area (Å²) in [6, 6.07) is 7.72. The maximum absolute atomic E-state index is 11.5. The predicted octanol–water partition coefficient (Wildman–Crippen LogP) is 3.73. The topological polar surface area (TPSA) is 52.6 Å². The molecule has 0 atom stereocenters. The zero-order chi connectivity index (χ0) is 15.7. The second-order valence-electron chi connectivity index (χ2n) is 4.94. The van der Waals surface area contributed by atoms with Gasteiger partial charge in [-0.2, -0.15) is 0 Å². The zero-order valence-corrected chi connectivity index (χ0v) is 12.3. The number of benzene rings is 2. The van der Waals surface area contributed by atoms with Gasteiger partial charge in [-0.1, -0.05) is 48.6 Å². The monoisotopic (exact) mass is 294 g/mol. The molecule has 0 unspecified atom stereocenters. The fourth-order valence-corrected chi connectivity index (χ4v) is 2.57. The van der Waals surface area contributed by atoms with E-state index >= 15 is 0 Å². The van der Waals surface area contributed by atoms with Crippen LogP contribution >= 0.6 is 0 Å². The van der Waals surface area contributed by atoms with Gasteiger partial charge in [-0.05, 0) is 10.8 Å². The minimum absolute atomic E-state index is 0.275.